The van der Waals surface area contributed by atoms with Crippen LogP contribution in [0.4, 0.5) is 5.69 Å². The van der Waals surface area contributed by atoms with E-state index < -0.39 is 15.9 Å². The quantitative estimate of drug-likeness (QED) is 0.623. The number of aryl methyl sites for hydroxylation is 1. The van der Waals surface area contributed by atoms with Crippen molar-refractivity contribution < 1.29 is 17.7 Å². The molecule has 1 aromatic carbocycles. The molecule has 4 rings (SSSR count). The number of amides is 1. The maximum Gasteiger partial charge on any atom is 0.252 e. The van der Waals surface area contributed by atoms with E-state index in [1.165, 1.54) is 10.4 Å². The summed E-state index contributed by atoms with van der Waals surface area (Å²) >= 11 is 1.09. The number of thiophene rings is 1. The number of anilines is 1. The van der Waals surface area contributed by atoms with Gasteiger partial charge in [-0.3, -0.25) is 4.79 Å². The van der Waals surface area contributed by atoms with Crippen LogP contribution in [-0.2, 0) is 14.8 Å². The smallest absolute Gasteiger partial charge is 0.252 e. The summed E-state index contributed by atoms with van der Waals surface area (Å²) in [6, 6.07) is 10.1. The highest BCUT2D eigenvalue weighted by atomic mass is 32.2. The van der Waals surface area contributed by atoms with E-state index in [0.29, 0.717) is 47.9 Å². The number of nitriles is 1. The lowest BCUT2D eigenvalue weighted by molar-refractivity contribution is -0.120. The van der Waals surface area contributed by atoms with Crippen LogP contribution in [0.25, 0.3) is 11.4 Å². The Morgan fingerprint density at radius 2 is 2.13 bits per heavy atom. The second-order valence-electron chi connectivity index (χ2n) is 7.17. The SMILES string of the molecule is Cc1nc(-c2csc(S(=O)(=O)N3CCC[C@@H](C(=O)Nc4ccc(C#N)cc4)C3)c2)no1. The van der Waals surface area contributed by atoms with Gasteiger partial charge in [0.2, 0.25) is 17.6 Å². The minimum Gasteiger partial charge on any atom is -0.339 e. The zero-order chi connectivity index (χ0) is 22.0. The molecule has 2 aromatic heterocycles. The summed E-state index contributed by atoms with van der Waals surface area (Å²) in [6.07, 6.45) is 1.19. The Morgan fingerprint density at radius 3 is 2.81 bits per heavy atom. The lowest BCUT2D eigenvalue weighted by atomic mass is 9.98. The summed E-state index contributed by atoms with van der Waals surface area (Å²) in [5.74, 6) is 0.0449. The van der Waals surface area contributed by atoms with Gasteiger partial charge >= 0.3 is 0 Å². The van der Waals surface area contributed by atoms with E-state index in [4.69, 9.17) is 9.78 Å². The first-order chi connectivity index (χ1) is 14.9. The van der Waals surface area contributed by atoms with E-state index >= 15 is 0 Å². The lowest BCUT2D eigenvalue weighted by Crippen LogP contribution is -2.43. The number of piperidine rings is 1. The van der Waals surface area contributed by atoms with Gasteiger partial charge in [0.25, 0.3) is 10.0 Å². The van der Waals surface area contributed by atoms with Gasteiger partial charge < -0.3 is 9.84 Å². The van der Waals surface area contributed by atoms with Gasteiger partial charge in [0.15, 0.2) is 0 Å². The van der Waals surface area contributed by atoms with Gasteiger partial charge in [-0.2, -0.15) is 14.6 Å². The number of carbonyl (C=O) groups excluding carboxylic acids is 1. The third-order valence-corrected chi connectivity index (χ3v) is 8.27. The summed E-state index contributed by atoms with van der Waals surface area (Å²) in [7, 11) is -3.74. The van der Waals surface area contributed by atoms with Crippen molar-refractivity contribution in [1.82, 2.24) is 14.4 Å². The predicted molar refractivity (Wildman–Crippen MR) is 114 cm³/mol. The van der Waals surface area contributed by atoms with Crippen LogP contribution in [0.5, 0.6) is 0 Å². The standard InChI is InChI=1S/C20H19N5O4S2/c1-13-22-19(24-29-13)16-9-18(30-12-16)31(27,28)25-8-2-3-15(11-25)20(26)23-17-6-4-14(10-21)5-7-17/h4-7,9,12,15H,2-3,8,11H2,1H3,(H,23,26)/t15-/m1/s1. The molecule has 1 N–H and O–H groups in total. The maximum atomic E-state index is 13.1. The number of aromatic nitrogens is 2. The molecule has 0 unspecified atom stereocenters. The van der Waals surface area contributed by atoms with Crippen LogP contribution in [-0.4, -0.2) is 41.9 Å². The average Bonchev–Trinajstić information content (AvgIpc) is 3.44. The number of carbonyl (C=O) groups is 1. The molecule has 0 radical (unpaired) electrons. The van der Waals surface area contributed by atoms with Crippen LogP contribution in [0.3, 0.4) is 0 Å². The maximum absolute atomic E-state index is 13.1. The monoisotopic (exact) mass is 457 g/mol. The van der Waals surface area contributed by atoms with Crippen LogP contribution in [0.1, 0.15) is 24.3 Å². The second kappa shape index (κ2) is 8.58. The van der Waals surface area contributed by atoms with Crippen LogP contribution in [0.15, 0.2) is 44.4 Å². The van der Waals surface area contributed by atoms with Crippen LogP contribution < -0.4 is 5.32 Å². The molecule has 160 valence electrons. The van der Waals surface area contributed by atoms with Crippen molar-refractivity contribution in [2.45, 2.75) is 24.0 Å². The van der Waals surface area contributed by atoms with Crippen molar-refractivity contribution in [1.29, 1.82) is 5.26 Å². The molecule has 1 fully saturated rings. The van der Waals surface area contributed by atoms with Gasteiger partial charge in [0.05, 0.1) is 17.6 Å². The van der Waals surface area contributed by atoms with Crippen molar-refractivity contribution in [2.24, 2.45) is 5.92 Å². The molecule has 0 bridgehead atoms. The molecule has 11 heteroatoms. The molecule has 0 saturated carbocycles. The summed E-state index contributed by atoms with van der Waals surface area (Å²) in [5.41, 5.74) is 1.65. The molecular formula is C20H19N5O4S2. The van der Waals surface area contributed by atoms with Gasteiger partial charge in [-0.25, -0.2) is 8.42 Å². The molecule has 3 aromatic rings. The minimum atomic E-state index is -3.74. The van der Waals surface area contributed by atoms with E-state index in [2.05, 4.69) is 15.5 Å². The highest BCUT2D eigenvalue weighted by Crippen LogP contribution is 2.31. The fourth-order valence-corrected chi connectivity index (χ4v) is 6.19. The van der Waals surface area contributed by atoms with E-state index in [9.17, 15) is 13.2 Å². The zero-order valence-corrected chi connectivity index (χ0v) is 18.2. The third-order valence-electron chi connectivity index (χ3n) is 4.99. The first kappa shape index (κ1) is 21.2. The molecule has 1 atom stereocenters. The number of hydrogen-bond acceptors (Lipinski definition) is 8. The molecule has 31 heavy (non-hydrogen) atoms. The van der Waals surface area contributed by atoms with Gasteiger partial charge in [0, 0.05) is 36.6 Å². The minimum absolute atomic E-state index is 0.110. The zero-order valence-electron chi connectivity index (χ0n) is 16.6. The Bertz CT molecular complexity index is 1240. The van der Waals surface area contributed by atoms with Crippen LogP contribution >= 0.6 is 11.3 Å². The molecule has 0 aliphatic carbocycles. The Hall–Kier alpha value is -3.07. The van der Waals surface area contributed by atoms with Gasteiger partial charge in [-0.1, -0.05) is 5.16 Å². The van der Waals surface area contributed by atoms with E-state index in [1.54, 1.807) is 36.6 Å². The molecule has 9 nitrogen and oxygen atoms in total. The molecule has 0 spiro atoms. The highest BCUT2D eigenvalue weighted by molar-refractivity contribution is 7.91. The van der Waals surface area contributed by atoms with E-state index in [-0.39, 0.29) is 16.7 Å². The van der Waals surface area contributed by atoms with Crippen LogP contribution in [0.2, 0.25) is 0 Å². The fraction of sp³-hybridized carbons (Fsp3) is 0.300. The van der Waals surface area contributed by atoms with Crippen LogP contribution in [0, 0.1) is 24.2 Å². The number of hydrogen-bond donors (Lipinski definition) is 1. The normalized spacial score (nSPS) is 17.2. The van der Waals surface area contributed by atoms with Gasteiger partial charge in [-0.15, -0.1) is 11.3 Å². The largest absolute Gasteiger partial charge is 0.339 e. The van der Waals surface area contributed by atoms with Gasteiger partial charge in [-0.05, 0) is 43.2 Å². The summed E-state index contributed by atoms with van der Waals surface area (Å²) in [4.78, 5) is 16.8. The topological polar surface area (TPSA) is 129 Å². The number of nitrogens with one attached hydrogen (secondary N) is 1. The Kier molecular flexibility index (Phi) is 5.86. The number of nitrogens with zero attached hydrogens (tertiary/aromatic N) is 4. The number of rotatable bonds is 5. The highest BCUT2D eigenvalue weighted by Gasteiger charge is 2.34. The fourth-order valence-electron chi connectivity index (χ4n) is 3.36. The summed E-state index contributed by atoms with van der Waals surface area (Å²) in [5, 5.41) is 17.2. The van der Waals surface area contributed by atoms with Crippen molar-refractivity contribution in [3.63, 3.8) is 0 Å². The first-order valence-electron chi connectivity index (χ1n) is 9.57. The Morgan fingerprint density at radius 1 is 1.35 bits per heavy atom. The van der Waals surface area contributed by atoms with Crippen molar-refractivity contribution in [3.05, 3.63) is 47.2 Å². The van der Waals surface area contributed by atoms with Crippen molar-refractivity contribution >= 4 is 33.0 Å². The third kappa shape index (κ3) is 4.51. The molecule has 1 amide bonds. The summed E-state index contributed by atoms with van der Waals surface area (Å²) < 4.78 is 32.8. The number of sulfonamides is 1. The predicted octanol–water partition coefficient (Wildman–Crippen LogP) is 3.02. The molecule has 3 heterocycles. The molecule has 1 aliphatic rings. The van der Waals surface area contributed by atoms with Gasteiger partial charge in [0.1, 0.15) is 4.21 Å². The second-order valence-corrected chi connectivity index (χ2v) is 10.2. The van der Waals surface area contributed by atoms with Crippen molar-refractivity contribution in [2.75, 3.05) is 18.4 Å². The lowest BCUT2D eigenvalue weighted by Gasteiger charge is -2.30. The summed E-state index contributed by atoms with van der Waals surface area (Å²) in [6.45, 7) is 2.13. The van der Waals surface area contributed by atoms with Crippen molar-refractivity contribution in [3.8, 4) is 17.5 Å². The number of benzene rings is 1. The molecule has 1 saturated heterocycles. The first-order valence-corrected chi connectivity index (χ1v) is 11.9. The molecular weight excluding hydrogens is 438 g/mol. The van der Waals surface area contributed by atoms with E-state index in [1.807, 2.05) is 6.07 Å². The Labute approximate surface area is 183 Å². The molecule has 1 aliphatic heterocycles. The Balaban J connectivity index is 1.46. The van der Waals surface area contributed by atoms with E-state index in [0.717, 1.165) is 11.3 Å². The average molecular weight is 458 g/mol.